The maximum Gasteiger partial charge on any atom is 0.222 e. The molecule has 0 radical (unpaired) electrons. The summed E-state index contributed by atoms with van der Waals surface area (Å²) in [5.41, 5.74) is 0.147. The molecule has 17 heavy (non-hydrogen) atoms. The highest BCUT2D eigenvalue weighted by Crippen LogP contribution is 2.11. The molecule has 1 aromatic rings. The van der Waals surface area contributed by atoms with Gasteiger partial charge in [0.25, 0.3) is 0 Å². The van der Waals surface area contributed by atoms with Crippen molar-refractivity contribution in [2.45, 2.75) is 19.8 Å². The Kier molecular flexibility index (Phi) is 5.49. The molecule has 0 aliphatic rings. The van der Waals surface area contributed by atoms with E-state index in [4.69, 9.17) is 4.74 Å². The maximum atomic E-state index is 10.7. The number of nitrogens with one attached hydrogen (secondary N) is 1. The third-order valence-corrected chi connectivity index (χ3v) is 2.51. The molecule has 0 spiro atoms. The third-order valence-electron chi connectivity index (χ3n) is 2.51. The largest absolute Gasteiger partial charge is 0.545 e. The molecular weight excluding hydrogens is 218 g/mol. The van der Waals surface area contributed by atoms with Crippen molar-refractivity contribution in [3.05, 3.63) is 29.8 Å². The van der Waals surface area contributed by atoms with E-state index in [2.05, 4.69) is 14.0 Å². The molecule has 0 heterocycles. The molecule has 0 aromatic heterocycles. The van der Waals surface area contributed by atoms with Crippen molar-refractivity contribution in [2.75, 3.05) is 20.3 Å². The van der Waals surface area contributed by atoms with E-state index in [0.717, 1.165) is 19.4 Å². The van der Waals surface area contributed by atoms with Gasteiger partial charge in [-0.15, -0.1) is 0 Å². The highest BCUT2D eigenvalue weighted by Gasteiger charge is 2.02. The van der Waals surface area contributed by atoms with E-state index in [0.29, 0.717) is 12.5 Å². The van der Waals surface area contributed by atoms with Crippen LogP contribution in [0, 0.1) is 0 Å². The molecule has 0 aliphatic carbocycles. The normalized spacial score (nSPS) is 12.1. The Balaban J connectivity index is 2.46. The Morgan fingerprint density at radius 3 is 2.88 bits per heavy atom. The molecule has 0 saturated heterocycles. The molecule has 1 N–H and O–H groups in total. The number of unbranched alkanes of at least 4 members (excludes halogenated alkanes) is 1. The SMILES string of the molecule is CCCC[NH+](C)COc1cccc(C(=O)[O-])c1. The number of carbonyl (C=O) groups is 1. The highest BCUT2D eigenvalue weighted by molar-refractivity contribution is 5.86. The molecule has 1 rings (SSSR count). The Morgan fingerprint density at radius 1 is 1.47 bits per heavy atom. The van der Waals surface area contributed by atoms with Gasteiger partial charge in [0.15, 0.2) is 0 Å². The van der Waals surface area contributed by atoms with Gasteiger partial charge in [-0.3, -0.25) is 0 Å². The molecule has 0 aliphatic heterocycles. The van der Waals surface area contributed by atoms with Crippen molar-refractivity contribution in [3.8, 4) is 5.75 Å². The summed E-state index contributed by atoms with van der Waals surface area (Å²) in [5, 5.41) is 10.7. The first kappa shape index (κ1) is 13.5. The van der Waals surface area contributed by atoms with Crippen LogP contribution in [0.4, 0.5) is 0 Å². The molecular formula is C13H19NO3. The van der Waals surface area contributed by atoms with Crippen LogP contribution in [0.3, 0.4) is 0 Å². The van der Waals surface area contributed by atoms with Crippen LogP contribution in [0.2, 0.25) is 0 Å². The van der Waals surface area contributed by atoms with Gasteiger partial charge in [-0.05, 0) is 18.6 Å². The summed E-state index contributed by atoms with van der Waals surface area (Å²) in [6.45, 7) is 3.74. The van der Waals surface area contributed by atoms with Crippen LogP contribution in [0.15, 0.2) is 24.3 Å². The van der Waals surface area contributed by atoms with Gasteiger partial charge in [-0.2, -0.15) is 0 Å². The number of carbonyl (C=O) groups excluding carboxylic acids is 1. The summed E-state index contributed by atoms with van der Waals surface area (Å²) in [7, 11) is 2.05. The van der Waals surface area contributed by atoms with Crippen LogP contribution >= 0.6 is 0 Å². The number of benzene rings is 1. The standard InChI is InChI=1S/C13H19NO3/c1-3-4-8-14(2)10-17-12-7-5-6-11(9-12)13(15)16/h5-7,9H,3-4,8,10H2,1-2H3,(H,15,16). The van der Waals surface area contributed by atoms with Gasteiger partial charge < -0.3 is 19.5 Å². The molecule has 94 valence electrons. The Hall–Kier alpha value is -1.55. The van der Waals surface area contributed by atoms with E-state index in [1.54, 1.807) is 12.1 Å². The average molecular weight is 237 g/mol. The first-order valence-corrected chi connectivity index (χ1v) is 5.89. The monoisotopic (exact) mass is 237 g/mol. The van der Waals surface area contributed by atoms with Gasteiger partial charge in [0.05, 0.1) is 19.6 Å². The minimum atomic E-state index is -1.18. The zero-order valence-corrected chi connectivity index (χ0v) is 10.4. The van der Waals surface area contributed by atoms with Crippen LogP contribution in [-0.4, -0.2) is 26.3 Å². The summed E-state index contributed by atoms with van der Waals surface area (Å²) in [5.74, 6) is -0.607. The van der Waals surface area contributed by atoms with Gasteiger partial charge in [0.1, 0.15) is 5.75 Å². The lowest BCUT2D eigenvalue weighted by Crippen LogP contribution is -3.09. The summed E-state index contributed by atoms with van der Waals surface area (Å²) in [6, 6.07) is 6.39. The number of aromatic carboxylic acids is 1. The number of hydrogen-bond donors (Lipinski definition) is 1. The number of rotatable bonds is 7. The fourth-order valence-electron chi connectivity index (χ4n) is 1.47. The fraction of sp³-hybridized carbons (Fsp3) is 0.462. The fourth-order valence-corrected chi connectivity index (χ4v) is 1.47. The Morgan fingerprint density at radius 2 is 2.24 bits per heavy atom. The predicted molar refractivity (Wildman–Crippen MR) is 62.9 cm³/mol. The van der Waals surface area contributed by atoms with E-state index in [1.165, 1.54) is 17.0 Å². The first-order chi connectivity index (χ1) is 8.13. The average Bonchev–Trinajstić information content (AvgIpc) is 2.34. The summed E-state index contributed by atoms with van der Waals surface area (Å²) < 4.78 is 5.53. The van der Waals surface area contributed by atoms with Crippen LogP contribution in [-0.2, 0) is 0 Å². The predicted octanol–water partition coefficient (Wildman–Crippen LogP) is -0.299. The van der Waals surface area contributed by atoms with E-state index in [1.807, 2.05) is 0 Å². The maximum absolute atomic E-state index is 10.7. The van der Waals surface area contributed by atoms with Crippen LogP contribution < -0.4 is 14.7 Å². The minimum absolute atomic E-state index is 0.147. The number of hydrogen-bond acceptors (Lipinski definition) is 3. The molecule has 0 fully saturated rings. The summed E-state index contributed by atoms with van der Waals surface area (Å²) in [4.78, 5) is 11.9. The van der Waals surface area contributed by atoms with Crippen molar-refractivity contribution in [1.82, 2.24) is 0 Å². The van der Waals surface area contributed by atoms with Gasteiger partial charge in [-0.1, -0.05) is 25.5 Å². The second-order valence-corrected chi connectivity index (χ2v) is 4.16. The number of ether oxygens (including phenoxy) is 1. The van der Waals surface area contributed by atoms with Crippen molar-refractivity contribution in [2.24, 2.45) is 0 Å². The van der Waals surface area contributed by atoms with E-state index < -0.39 is 5.97 Å². The zero-order chi connectivity index (χ0) is 12.7. The quantitative estimate of drug-likeness (QED) is 0.663. The second kappa shape index (κ2) is 6.91. The van der Waals surface area contributed by atoms with Crippen molar-refractivity contribution in [3.63, 3.8) is 0 Å². The minimum Gasteiger partial charge on any atom is -0.545 e. The van der Waals surface area contributed by atoms with Gasteiger partial charge in [0, 0.05) is 5.56 Å². The molecule has 0 amide bonds. The molecule has 0 saturated carbocycles. The van der Waals surface area contributed by atoms with Gasteiger partial charge in [-0.25, -0.2) is 0 Å². The first-order valence-electron chi connectivity index (χ1n) is 5.89. The Labute approximate surface area is 102 Å². The van der Waals surface area contributed by atoms with Crippen LogP contribution in [0.25, 0.3) is 0 Å². The van der Waals surface area contributed by atoms with Crippen molar-refractivity contribution < 1.29 is 19.5 Å². The van der Waals surface area contributed by atoms with Crippen LogP contribution in [0.5, 0.6) is 5.75 Å². The number of carboxylic acids is 1. The summed E-state index contributed by atoms with van der Waals surface area (Å²) >= 11 is 0. The molecule has 1 aromatic carbocycles. The number of quaternary nitrogens is 1. The lowest BCUT2D eigenvalue weighted by Gasteiger charge is -2.14. The van der Waals surface area contributed by atoms with E-state index in [-0.39, 0.29) is 5.56 Å². The second-order valence-electron chi connectivity index (χ2n) is 4.16. The molecule has 1 unspecified atom stereocenters. The summed E-state index contributed by atoms with van der Waals surface area (Å²) in [6.07, 6.45) is 2.33. The van der Waals surface area contributed by atoms with Gasteiger partial charge in [0.2, 0.25) is 6.73 Å². The van der Waals surface area contributed by atoms with E-state index >= 15 is 0 Å². The third kappa shape index (κ3) is 4.87. The van der Waals surface area contributed by atoms with Gasteiger partial charge >= 0.3 is 0 Å². The highest BCUT2D eigenvalue weighted by atomic mass is 16.5. The number of carboxylic acid groups (broad SMARTS) is 1. The molecule has 1 atom stereocenters. The molecule has 4 nitrogen and oxygen atoms in total. The Bertz CT molecular complexity index is 365. The van der Waals surface area contributed by atoms with E-state index in [9.17, 15) is 9.90 Å². The van der Waals surface area contributed by atoms with Crippen LogP contribution in [0.1, 0.15) is 30.1 Å². The zero-order valence-electron chi connectivity index (χ0n) is 10.4. The van der Waals surface area contributed by atoms with Crippen molar-refractivity contribution >= 4 is 5.97 Å². The smallest absolute Gasteiger partial charge is 0.222 e. The molecule has 4 heteroatoms. The topological polar surface area (TPSA) is 53.8 Å². The van der Waals surface area contributed by atoms with Crippen molar-refractivity contribution in [1.29, 1.82) is 0 Å². The lowest BCUT2D eigenvalue weighted by molar-refractivity contribution is -0.896. The lowest BCUT2D eigenvalue weighted by atomic mass is 10.2. The molecule has 0 bridgehead atoms.